The van der Waals surface area contributed by atoms with Gasteiger partial charge < -0.3 is 15.4 Å². The van der Waals surface area contributed by atoms with Crippen molar-refractivity contribution in [2.24, 2.45) is 0 Å². The Kier molecular flexibility index (Phi) is 9.59. The van der Waals surface area contributed by atoms with Crippen molar-refractivity contribution < 1.29 is 9.53 Å². The number of thiocarbonyl (C=S) groups is 1. The van der Waals surface area contributed by atoms with Gasteiger partial charge in [-0.25, -0.2) is 0 Å². The molecule has 0 fully saturated rings. The molecule has 2 N–H and O–H groups in total. The average molecular weight is 343 g/mol. The number of esters is 1. The number of hydrogen-bond acceptors (Lipinski definition) is 3. The fraction of sp³-hybridized carbons (Fsp3) is 0.500. The maximum absolute atomic E-state index is 10.9. The molecule has 0 aliphatic rings. The van der Waals surface area contributed by atoms with Crippen LogP contribution < -0.4 is 10.6 Å². The first kappa shape index (κ1) is 18.7. The number of unbranched alkanes of at least 4 members (excludes halogenated alkanes) is 2. The fourth-order valence-corrected chi connectivity index (χ4v) is 2.24. The van der Waals surface area contributed by atoms with Crippen LogP contribution in [0.25, 0.3) is 0 Å². The quantitative estimate of drug-likeness (QED) is 0.410. The second kappa shape index (κ2) is 11.3. The van der Waals surface area contributed by atoms with Crippen LogP contribution >= 0.6 is 23.8 Å². The molecule has 0 saturated carbocycles. The fourth-order valence-electron chi connectivity index (χ4n) is 1.91. The lowest BCUT2D eigenvalue weighted by Gasteiger charge is -2.10. The Hall–Kier alpha value is -1.33. The molecule has 0 atom stereocenters. The summed E-state index contributed by atoms with van der Waals surface area (Å²) in [6.45, 7) is 1.60. The largest absolute Gasteiger partial charge is 0.469 e. The Morgan fingerprint density at radius 2 is 1.82 bits per heavy atom. The third kappa shape index (κ3) is 8.85. The third-order valence-corrected chi connectivity index (χ3v) is 3.72. The topological polar surface area (TPSA) is 50.4 Å². The number of carbonyl (C=O) groups excluding carboxylic acids is 1. The van der Waals surface area contributed by atoms with Crippen LogP contribution in [0.2, 0.25) is 5.02 Å². The summed E-state index contributed by atoms with van der Waals surface area (Å²) in [5, 5.41) is 7.76. The van der Waals surface area contributed by atoms with Crippen molar-refractivity contribution in [1.29, 1.82) is 0 Å². The van der Waals surface area contributed by atoms with Crippen LogP contribution in [-0.4, -0.2) is 31.3 Å². The lowest BCUT2D eigenvalue weighted by Crippen LogP contribution is -2.36. The van der Waals surface area contributed by atoms with Gasteiger partial charge in [0.05, 0.1) is 7.11 Å². The minimum absolute atomic E-state index is 0.146. The first-order chi connectivity index (χ1) is 10.6. The van der Waals surface area contributed by atoms with E-state index in [-0.39, 0.29) is 5.97 Å². The van der Waals surface area contributed by atoms with Crippen LogP contribution in [0.15, 0.2) is 24.3 Å². The van der Waals surface area contributed by atoms with E-state index >= 15 is 0 Å². The molecule has 0 amide bonds. The predicted molar refractivity (Wildman–Crippen MR) is 94.2 cm³/mol. The maximum Gasteiger partial charge on any atom is 0.305 e. The molecular weight excluding hydrogens is 320 g/mol. The zero-order valence-electron chi connectivity index (χ0n) is 12.9. The Balaban J connectivity index is 1.99. The van der Waals surface area contributed by atoms with Gasteiger partial charge in [-0.05, 0) is 49.2 Å². The summed E-state index contributed by atoms with van der Waals surface area (Å²) >= 11 is 11.1. The van der Waals surface area contributed by atoms with E-state index in [9.17, 15) is 4.79 Å². The van der Waals surface area contributed by atoms with Gasteiger partial charge in [-0.3, -0.25) is 4.79 Å². The number of nitrogens with one attached hydrogen (secondary N) is 2. The molecule has 0 aliphatic heterocycles. The van der Waals surface area contributed by atoms with Crippen molar-refractivity contribution >= 4 is 34.9 Å². The Morgan fingerprint density at radius 3 is 2.50 bits per heavy atom. The van der Waals surface area contributed by atoms with Crippen LogP contribution in [0.3, 0.4) is 0 Å². The number of methoxy groups -OCH3 is 1. The lowest BCUT2D eigenvalue weighted by atomic mass is 10.1. The first-order valence-electron chi connectivity index (χ1n) is 7.45. The zero-order chi connectivity index (χ0) is 16.2. The summed E-state index contributed by atoms with van der Waals surface area (Å²) in [7, 11) is 1.41. The van der Waals surface area contributed by atoms with Crippen LogP contribution in [0.1, 0.15) is 31.2 Å². The van der Waals surface area contributed by atoms with E-state index in [0.29, 0.717) is 11.5 Å². The molecule has 0 heterocycles. The van der Waals surface area contributed by atoms with E-state index < -0.39 is 0 Å². The molecule has 122 valence electrons. The Bertz CT molecular complexity index is 466. The average Bonchev–Trinajstić information content (AvgIpc) is 2.52. The first-order valence-corrected chi connectivity index (χ1v) is 8.23. The molecule has 6 heteroatoms. The van der Waals surface area contributed by atoms with Crippen molar-refractivity contribution in [3.05, 3.63) is 34.9 Å². The highest BCUT2D eigenvalue weighted by atomic mass is 35.5. The monoisotopic (exact) mass is 342 g/mol. The Labute approximate surface area is 142 Å². The van der Waals surface area contributed by atoms with Gasteiger partial charge in [0.15, 0.2) is 5.11 Å². The summed E-state index contributed by atoms with van der Waals surface area (Å²) in [6.07, 6.45) is 4.20. The number of rotatable bonds is 9. The van der Waals surface area contributed by atoms with Gasteiger partial charge in [-0.2, -0.15) is 0 Å². The number of benzene rings is 1. The summed E-state index contributed by atoms with van der Waals surface area (Å²) < 4.78 is 4.59. The van der Waals surface area contributed by atoms with Gasteiger partial charge >= 0.3 is 5.97 Å². The SMILES string of the molecule is COC(=O)CCCCCNC(=S)NCCc1ccc(Cl)cc1. The van der Waals surface area contributed by atoms with Gasteiger partial charge in [0.25, 0.3) is 0 Å². The molecule has 1 aromatic carbocycles. The van der Waals surface area contributed by atoms with Gasteiger partial charge in [0.2, 0.25) is 0 Å². The van der Waals surface area contributed by atoms with Gasteiger partial charge in [0.1, 0.15) is 0 Å². The minimum atomic E-state index is -0.146. The van der Waals surface area contributed by atoms with Crippen molar-refractivity contribution in [1.82, 2.24) is 10.6 Å². The van der Waals surface area contributed by atoms with Crippen LogP contribution in [0, 0.1) is 0 Å². The highest BCUT2D eigenvalue weighted by Crippen LogP contribution is 2.09. The van der Waals surface area contributed by atoms with Crippen molar-refractivity contribution in [3.8, 4) is 0 Å². The summed E-state index contributed by atoms with van der Waals surface area (Å²) in [6, 6.07) is 7.81. The van der Waals surface area contributed by atoms with E-state index in [1.807, 2.05) is 24.3 Å². The van der Waals surface area contributed by atoms with Crippen molar-refractivity contribution in [2.75, 3.05) is 20.2 Å². The van der Waals surface area contributed by atoms with E-state index in [1.165, 1.54) is 12.7 Å². The molecule has 1 aromatic rings. The van der Waals surface area contributed by atoms with Crippen molar-refractivity contribution in [3.63, 3.8) is 0 Å². The molecular formula is C16H23ClN2O2S. The molecule has 22 heavy (non-hydrogen) atoms. The normalized spacial score (nSPS) is 10.1. The molecule has 0 bridgehead atoms. The molecule has 0 unspecified atom stereocenters. The summed E-state index contributed by atoms with van der Waals surface area (Å²) in [4.78, 5) is 10.9. The second-order valence-corrected chi connectivity index (χ2v) is 5.79. The summed E-state index contributed by atoms with van der Waals surface area (Å²) in [5.41, 5.74) is 1.22. The number of carbonyl (C=O) groups is 1. The standard InChI is InChI=1S/C16H23ClN2O2S/c1-21-15(20)5-3-2-4-11-18-16(22)19-12-10-13-6-8-14(17)9-7-13/h6-9H,2-5,10-12H2,1H3,(H2,18,19,22). The molecule has 0 aliphatic carbocycles. The van der Waals surface area contributed by atoms with E-state index in [0.717, 1.165) is 43.8 Å². The molecule has 0 spiro atoms. The molecule has 0 aromatic heterocycles. The van der Waals surface area contributed by atoms with E-state index in [1.54, 1.807) is 0 Å². The number of hydrogen-bond donors (Lipinski definition) is 2. The highest BCUT2D eigenvalue weighted by Gasteiger charge is 2.00. The van der Waals surface area contributed by atoms with Crippen molar-refractivity contribution in [2.45, 2.75) is 32.1 Å². The molecule has 4 nitrogen and oxygen atoms in total. The van der Waals surface area contributed by atoms with Gasteiger partial charge in [0, 0.05) is 24.5 Å². The number of halogens is 1. The minimum Gasteiger partial charge on any atom is -0.469 e. The van der Waals surface area contributed by atoms with Crippen LogP contribution in [-0.2, 0) is 16.0 Å². The van der Waals surface area contributed by atoms with E-state index in [2.05, 4.69) is 15.4 Å². The second-order valence-electron chi connectivity index (χ2n) is 4.95. The molecule has 1 rings (SSSR count). The lowest BCUT2D eigenvalue weighted by molar-refractivity contribution is -0.140. The van der Waals surface area contributed by atoms with Crippen LogP contribution in [0.4, 0.5) is 0 Å². The molecule has 0 saturated heterocycles. The van der Waals surface area contributed by atoms with Gasteiger partial charge in [-0.1, -0.05) is 30.2 Å². The zero-order valence-corrected chi connectivity index (χ0v) is 14.4. The predicted octanol–water partition coefficient (Wildman–Crippen LogP) is 3.08. The van der Waals surface area contributed by atoms with Crippen LogP contribution in [0.5, 0.6) is 0 Å². The Morgan fingerprint density at radius 1 is 1.14 bits per heavy atom. The molecule has 0 radical (unpaired) electrons. The smallest absolute Gasteiger partial charge is 0.305 e. The van der Waals surface area contributed by atoms with E-state index in [4.69, 9.17) is 23.8 Å². The van der Waals surface area contributed by atoms with Gasteiger partial charge in [-0.15, -0.1) is 0 Å². The third-order valence-electron chi connectivity index (χ3n) is 3.18. The maximum atomic E-state index is 10.9. The summed E-state index contributed by atoms with van der Waals surface area (Å²) in [5.74, 6) is -0.146. The number of ether oxygens (including phenoxy) is 1. The highest BCUT2D eigenvalue weighted by molar-refractivity contribution is 7.80.